The van der Waals surface area contributed by atoms with E-state index in [2.05, 4.69) is 11.4 Å². The van der Waals surface area contributed by atoms with Crippen LogP contribution in [-0.2, 0) is 21.4 Å². The summed E-state index contributed by atoms with van der Waals surface area (Å²) in [4.78, 5) is 28.0. The molecule has 10 aromatic rings. The van der Waals surface area contributed by atoms with E-state index in [-0.39, 0.29) is 27.1 Å². The highest BCUT2D eigenvalue weighted by Crippen LogP contribution is 2.56. The number of carboxylic acids is 1. The number of aryl methyl sites for hydroxylation is 1. The van der Waals surface area contributed by atoms with Crippen LogP contribution in [0.1, 0.15) is 52.1 Å². The summed E-state index contributed by atoms with van der Waals surface area (Å²) in [5, 5.41) is 58.4. The van der Waals surface area contributed by atoms with Gasteiger partial charge in [0.15, 0.2) is 0 Å². The third-order valence-corrected chi connectivity index (χ3v) is 16.6. The number of carboxylic acid groups (broad SMARTS) is 1. The van der Waals surface area contributed by atoms with Crippen molar-refractivity contribution in [3.05, 3.63) is 290 Å². The maximum atomic E-state index is 15.2. The second-order valence-corrected chi connectivity index (χ2v) is 22.5. The Kier molecular flexibility index (Phi) is 17.8. The number of aliphatic hydroxyl groups is 2. The number of rotatable bonds is 18. The highest BCUT2D eigenvalue weighted by Gasteiger charge is 2.56. The lowest BCUT2D eigenvalue weighted by Crippen LogP contribution is -2.54. The number of nitrogens with one attached hydrogen (secondary N) is 1. The largest absolute Gasteiger partial charge is 0.481 e. The van der Waals surface area contributed by atoms with Crippen LogP contribution >= 0.6 is 46.4 Å². The first kappa shape index (κ1) is 57.9. The van der Waals surface area contributed by atoms with Crippen molar-refractivity contribution in [2.75, 3.05) is 5.32 Å². The summed E-state index contributed by atoms with van der Waals surface area (Å²) in [6, 6.07) is 74.5. The number of aliphatic hydroxyl groups excluding tert-OH is 2. The minimum absolute atomic E-state index is 0.138. The topological polar surface area (TPSA) is 131 Å². The van der Waals surface area contributed by atoms with Gasteiger partial charge in [0.05, 0.1) is 35.5 Å². The van der Waals surface area contributed by atoms with Crippen molar-refractivity contribution in [3.8, 4) is 61.7 Å². The Balaban J connectivity index is 1.37. The predicted molar refractivity (Wildman–Crippen MR) is 337 cm³/mol. The van der Waals surface area contributed by atoms with Crippen LogP contribution < -0.4 is 5.32 Å². The molecule has 5 unspecified atom stereocenters. The SMILES string of the molecule is CC(=O)Nc1ccc(-c2ccc(C)cc2)c(C(C(=O)O)C(c2cc(Cl)ccc2-c2ccccc2)C(O)C(C#N)C(c2cc(Cl)ccc2-c2ccccc2)(c2cc(Cl)ccc2-c2ccccc2)C(O)Cc2ccccc2-c2ccc(Cl)cc2)c1. The van der Waals surface area contributed by atoms with E-state index in [0.29, 0.717) is 77.5 Å². The third-order valence-electron chi connectivity index (χ3n) is 15.6. The fourth-order valence-electron chi connectivity index (χ4n) is 12.0. The third kappa shape index (κ3) is 12.1. The van der Waals surface area contributed by atoms with Crippen LogP contribution in [-0.4, -0.2) is 39.4 Å². The maximum absolute atomic E-state index is 15.2. The van der Waals surface area contributed by atoms with Crippen LogP contribution in [0, 0.1) is 24.2 Å². The van der Waals surface area contributed by atoms with Crippen molar-refractivity contribution in [2.45, 2.75) is 49.7 Å². The van der Waals surface area contributed by atoms with Crippen LogP contribution in [0.5, 0.6) is 0 Å². The molecule has 4 N–H and O–H groups in total. The molecule has 412 valence electrons. The summed E-state index contributed by atoms with van der Waals surface area (Å²) < 4.78 is 0. The zero-order valence-corrected chi connectivity index (χ0v) is 48.3. The number of carbonyl (C=O) groups is 2. The Morgan fingerprint density at radius 3 is 1.47 bits per heavy atom. The van der Waals surface area contributed by atoms with E-state index in [1.807, 2.05) is 171 Å². The lowest BCUT2D eigenvalue weighted by atomic mass is 9.55. The average molecular weight is 1170 g/mol. The van der Waals surface area contributed by atoms with Crippen molar-refractivity contribution >= 4 is 64.0 Å². The average Bonchev–Trinajstić information content (AvgIpc) is 1.73. The van der Waals surface area contributed by atoms with Crippen LogP contribution in [0.3, 0.4) is 0 Å². The molecule has 0 spiro atoms. The number of anilines is 1. The number of carbonyl (C=O) groups excluding carboxylic acids is 1. The highest BCUT2D eigenvalue weighted by atomic mass is 35.5. The number of hydrogen-bond donors (Lipinski definition) is 4. The molecular weight excluding hydrogens is 1110 g/mol. The van der Waals surface area contributed by atoms with Gasteiger partial charge in [-0.05, 0) is 151 Å². The predicted octanol–water partition coefficient (Wildman–Crippen LogP) is 17.9. The zero-order valence-electron chi connectivity index (χ0n) is 45.2. The van der Waals surface area contributed by atoms with E-state index < -0.39 is 47.3 Å². The molecule has 0 aliphatic carbocycles. The van der Waals surface area contributed by atoms with Gasteiger partial charge in [-0.2, -0.15) is 5.26 Å². The fourth-order valence-corrected chi connectivity index (χ4v) is 12.6. The van der Waals surface area contributed by atoms with Gasteiger partial charge in [-0.15, -0.1) is 0 Å². The first-order chi connectivity index (χ1) is 40.2. The zero-order chi connectivity index (χ0) is 58.4. The normalized spacial score (nSPS) is 13.2. The molecule has 0 aliphatic heterocycles. The molecule has 7 nitrogen and oxygen atoms in total. The van der Waals surface area contributed by atoms with E-state index in [0.717, 1.165) is 16.7 Å². The van der Waals surface area contributed by atoms with Crippen LogP contribution in [0.4, 0.5) is 5.69 Å². The smallest absolute Gasteiger partial charge is 0.311 e. The van der Waals surface area contributed by atoms with Gasteiger partial charge >= 0.3 is 5.97 Å². The number of amides is 1. The van der Waals surface area contributed by atoms with Crippen molar-refractivity contribution in [3.63, 3.8) is 0 Å². The number of hydrogen-bond acceptors (Lipinski definition) is 5. The Morgan fingerprint density at radius 2 is 0.940 bits per heavy atom. The molecule has 0 heterocycles. The van der Waals surface area contributed by atoms with Gasteiger partial charge in [0.2, 0.25) is 5.91 Å². The molecule has 83 heavy (non-hydrogen) atoms. The molecule has 0 radical (unpaired) electrons. The number of nitrogens with zero attached hydrogens (tertiary/aromatic N) is 1. The molecule has 0 saturated heterocycles. The van der Waals surface area contributed by atoms with Crippen LogP contribution in [0.2, 0.25) is 20.1 Å². The summed E-state index contributed by atoms with van der Waals surface area (Å²) in [6.07, 6.45) is -3.84. The first-order valence-electron chi connectivity index (χ1n) is 27.0. The summed E-state index contributed by atoms with van der Waals surface area (Å²) in [5.41, 5.74) is 7.52. The van der Waals surface area contributed by atoms with Gasteiger partial charge < -0.3 is 20.6 Å². The number of nitriles is 1. The van der Waals surface area contributed by atoms with Gasteiger partial charge in [-0.1, -0.05) is 228 Å². The van der Waals surface area contributed by atoms with Gasteiger partial charge in [0.1, 0.15) is 0 Å². The number of aliphatic carboxylic acids is 1. The molecule has 11 heteroatoms. The molecule has 10 rings (SSSR count). The summed E-state index contributed by atoms with van der Waals surface area (Å²) in [5.74, 6) is -6.86. The highest BCUT2D eigenvalue weighted by molar-refractivity contribution is 6.31. The molecule has 0 aliphatic rings. The minimum Gasteiger partial charge on any atom is -0.481 e. The lowest BCUT2D eigenvalue weighted by molar-refractivity contribution is -0.140. The molecule has 0 bridgehead atoms. The fraction of sp³-hybridized carbons (Fsp3) is 0.125. The van der Waals surface area contributed by atoms with Gasteiger partial charge in [0, 0.05) is 45.0 Å². The molecule has 1 amide bonds. The Hall–Kier alpha value is -8.29. The first-order valence-corrected chi connectivity index (χ1v) is 28.5. The van der Waals surface area contributed by atoms with Gasteiger partial charge in [-0.3, -0.25) is 9.59 Å². The van der Waals surface area contributed by atoms with Gasteiger partial charge in [-0.25, -0.2) is 0 Å². The standard InChI is InChI=1S/C72H56Cl4N2O5/c1-44-22-24-50(25-23-44)59-37-33-56(78-45(2)79)42-63(59)69(71(82)83)68(62-39-53(74)30-34-58(62)46-14-6-3-7-15-46)70(81)66(43-77)72(64-40-54(75)31-35-60(64)47-16-8-4-9-17-47,65-41-55(76)32-36-61(65)48-18-10-5-11-19-48)67(80)38-51-20-12-13-21-57(51)49-26-28-52(73)29-27-49/h3-37,39-42,66-70,80-81H,38H2,1-2H3,(H,78,79)(H,82,83). The quantitative estimate of drug-likeness (QED) is 0.0677. The van der Waals surface area contributed by atoms with E-state index in [1.165, 1.54) is 6.92 Å². The summed E-state index contributed by atoms with van der Waals surface area (Å²) in [6.45, 7) is 3.31. The summed E-state index contributed by atoms with van der Waals surface area (Å²) in [7, 11) is 0. The molecular formula is C72H56Cl4N2O5. The monoisotopic (exact) mass is 1170 g/mol. The molecule has 0 fully saturated rings. The maximum Gasteiger partial charge on any atom is 0.311 e. The van der Waals surface area contributed by atoms with Crippen molar-refractivity contribution in [1.29, 1.82) is 5.26 Å². The minimum atomic E-state index is -2.11. The molecule has 0 saturated carbocycles. The van der Waals surface area contributed by atoms with Crippen molar-refractivity contribution in [2.24, 2.45) is 5.92 Å². The second-order valence-electron chi connectivity index (χ2n) is 20.8. The number of benzene rings is 10. The van der Waals surface area contributed by atoms with E-state index in [9.17, 15) is 25.4 Å². The van der Waals surface area contributed by atoms with Crippen LogP contribution in [0.15, 0.2) is 237 Å². The van der Waals surface area contributed by atoms with E-state index >= 15 is 4.79 Å². The Labute approximate surface area is 503 Å². The molecule has 0 aromatic heterocycles. The van der Waals surface area contributed by atoms with Gasteiger partial charge in [0.25, 0.3) is 0 Å². The molecule has 10 aromatic carbocycles. The second kappa shape index (κ2) is 25.5. The van der Waals surface area contributed by atoms with Crippen molar-refractivity contribution in [1.82, 2.24) is 0 Å². The summed E-state index contributed by atoms with van der Waals surface area (Å²) >= 11 is 28.1. The van der Waals surface area contributed by atoms with Crippen LogP contribution in [0.25, 0.3) is 55.6 Å². The Bertz CT molecular complexity index is 3910. The van der Waals surface area contributed by atoms with E-state index in [1.54, 1.807) is 72.8 Å². The number of halogens is 4. The van der Waals surface area contributed by atoms with E-state index in [4.69, 9.17) is 46.4 Å². The molecule has 5 atom stereocenters. The Morgan fingerprint density at radius 1 is 0.506 bits per heavy atom. The lowest BCUT2D eigenvalue weighted by Gasteiger charge is -2.48. The van der Waals surface area contributed by atoms with Crippen molar-refractivity contribution < 1.29 is 24.9 Å².